The Morgan fingerprint density at radius 1 is 0.762 bits per heavy atom. The molecule has 3 aliphatic rings. The van der Waals surface area contributed by atoms with E-state index in [0.717, 1.165) is 66.7 Å². The smallest absolute Gasteiger partial charge is 0.425 e. The molecule has 0 fully saturated rings. The van der Waals surface area contributed by atoms with Gasteiger partial charge in [0, 0.05) is 53.7 Å². The molecule has 4 heterocycles. The molecular formula is C49H60N4O20S6Si+2. The number of imidazole rings is 1. The normalized spacial score (nSPS) is 17.5. The molecule has 0 bridgehead atoms. The van der Waals surface area contributed by atoms with Crippen LogP contribution in [0.5, 0.6) is 0 Å². The number of aliphatic carboxylic acids is 1. The Morgan fingerprint density at radius 2 is 1.34 bits per heavy atom. The maximum Gasteiger partial charge on any atom is 0.425 e. The second-order valence-corrected chi connectivity index (χ2v) is 31.1. The summed E-state index contributed by atoms with van der Waals surface area (Å²) >= 11 is 0. The number of fused-ring (bicyclic) bond motifs is 4. The number of aryl methyl sites for hydroxylation is 2. The van der Waals surface area contributed by atoms with Crippen molar-refractivity contribution in [3.8, 4) is 0 Å². The van der Waals surface area contributed by atoms with Crippen molar-refractivity contribution in [1.82, 2.24) is 9.14 Å². The van der Waals surface area contributed by atoms with Crippen LogP contribution in [-0.4, -0.2) is 117 Å². The average molecular weight is 1250 g/mol. The van der Waals surface area contributed by atoms with Gasteiger partial charge in [-0.15, -0.1) is 37.9 Å². The van der Waals surface area contributed by atoms with Gasteiger partial charge in [0.05, 0.1) is 34.7 Å². The number of carboxylic acids is 1. The first-order valence-corrected chi connectivity index (χ1v) is 34.6. The number of rotatable bonds is 13. The zero-order chi connectivity index (χ0) is 60.4. The molecule has 4 aromatic carbocycles. The first-order chi connectivity index (χ1) is 36.7. The summed E-state index contributed by atoms with van der Waals surface area (Å²) in [6, 6.07) is 21.3. The van der Waals surface area contributed by atoms with Gasteiger partial charge < -0.3 is 10.0 Å². The van der Waals surface area contributed by atoms with E-state index in [4.69, 9.17) is 37.9 Å². The maximum absolute atomic E-state index is 12.9. The summed E-state index contributed by atoms with van der Waals surface area (Å²) in [7, 11) is -23.7. The molecule has 2 unspecified atom stereocenters. The lowest BCUT2D eigenvalue weighted by molar-refractivity contribution is -0.673. The summed E-state index contributed by atoms with van der Waals surface area (Å²) in [5, 5.41) is 13.5. The highest BCUT2D eigenvalue weighted by Gasteiger charge is 2.47. The molecule has 2 atom stereocenters. The molecule has 0 spiro atoms. The molecule has 8 rings (SSSR count). The van der Waals surface area contributed by atoms with Crippen molar-refractivity contribution in [2.45, 2.75) is 126 Å². The molecule has 5 aromatic rings. The van der Waals surface area contributed by atoms with Crippen LogP contribution in [0.4, 0.5) is 5.69 Å². The van der Waals surface area contributed by atoms with E-state index in [2.05, 4.69) is 72.2 Å². The molecule has 31 heteroatoms. The minimum absolute atomic E-state index is 0.0316. The predicted molar refractivity (Wildman–Crippen MR) is 291 cm³/mol. The summed E-state index contributed by atoms with van der Waals surface area (Å²) < 4.78 is 188. The van der Waals surface area contributed by atoms with Gasteiger partial charge in [-0.1, -0.05) is 50.3 Å². The number of hydrogen-bond acceptors (Lipinski definition) is 17. The molecule has 434 valence electrons. The van der Waals surface area contributed by atoms with Gasteiger partial charge in [0.15, 0.2) is 12.1 Å². The van der Waals surface area contributed by atoms with E-state index in [-0.39, 0.29) is 28.7 Å². The Morgan fingerprint density at radius 3 is 1.88 bits per heavy atom. The molecule has 0 saturated carbocycles. The number of anilines is 1. The van der Waals surface area contributed by atoms with Crippen LogP contribution in [0.25, 0.3) is 5.57 Å². The van der Waals surface area contributed by atoms with Crippen molar-refractivity contribution in [3.05, 3.63) is 129 Å². The third-order valence-corrected chi connectivity index (χ3v) is 20.6. The number of hydrogen-bond donors (Lipinski definition) is 4. The Labute approximate surface area is 468 Å². The molecule has 0 radical (unpaired) electrons. The van der Waals surface area contributed by atoms with Crippen LogP contribution in [0.1, 0.15) is 106 Å². The van der Waals surface area contributed by atoms with E-state index in [9.17, 15) is 48.8 Å². The van der Waals surface area contributed by atoms with Crippen LogP contribution in [0.15, 0.2) is 95.0 Å². The fourth-order valence-electron chi connectivity index (χ4n) is 11.3. The van der Waals surface area contributed by atoms with Crippen molar-refractivity contribution < 1.29 is 91.3 Å². The topological polar surface area (TPSA) is 369 Å². The Kier molecular flexibility index (Phi) is 19.8. The minimum atomic E-state index is -4.54. The lowest BCUT2D eigenvalue weighted by Crippen LogP contribution is -2.66. The number of carbonyl (C=O) groups is 1. The van der Waals surface area contributed by atoms with Gasteiger partial charge in [0.2, 0.25) is 5.36 Å². The van der Waals surface area contributed by atoms with Crippen LogP contribution in [0.2, 0.25) is 13.1 Å². The van der Waals surface area contributed by atoms with Crippen molar-refractivity contribution in [2.24, 2.45) is 7.05 Å². The van der Waals surface area contributed by atoms with Gasteiger partial charge in [-0.3, -0.25) is 18.5 Å². The van der Waals surface area contributed by atoms with Crippen molar-refractivity contribution in [2.75, 3.05) is 10.7 Å². The highest BCUT2D eigenvalue weighted by Crippen LogP contribution is 2.46. The summed E-state index contributed by atoms with van der Waals surface area (Å²) in [6.45, 7) is 16.0. The summed E-state index contributed by atoms with van der Waals surface area (Å²) in [5.74, 6) is -1.15. The highest BCUT2D eigenvalue weighted by molar-refractivity contribution is 7.86. The average Bonchev–Trinajstić information content (AvgIpc) is 3.65. The fraction of sp³-hybridized carbons (Fsp3) is 0.408. The lowest BCUT2D eigenvalue weighted by Gasteiger charge is -2.49. The first-order valence-electron chi connectivity index (χ1n) is 24.1. The van der Waals surface area contributed by atoms with E-state index < -0.39 is 99.0 Å². The number of nitrogens with zero attached hydrogens (tertiary/aromatic N) is 4. The molecule has 24 nitrogen and oxygen atoms in total. The van der Waals surface area contributed by atoms with Crippen LogP contribution < -0.4 is 35.0 Å². The second kappa shape index (κ2) is 24.5. The van der Waals surface area contributed by atoms with Gasteiger partial charge in [-0.25, -0.2) is 13.7 Å². The second-order valence-electron chi connectivity index (χ2n) is 21.2. The van der Waals surface area contributed by atoms with E-state index in [0.29, 0.717) is 31.5 Å². The molecule has 3 aliphatic heterocycles. The van der Waals surface area contributed by atoms with Gasteiger partial charge >= 0.3 is 37.8 Å². The molecule has 80 heavy (non-hydrogen) atoms. The van der Waals surface area contributed by atoms with E-state index in [1.54, 1.807) is 30.3 Å². The number of carboxylic acid groups (broad SMARTS) is 1. The van der Waals surface area contributed by atoms with E-state index in [1.165, 1.54) is 18.2 Å². The third kappa shape index (κ3) is 15.4. The molecule has 4 N–H and O–H groups in total. The number of benzene rings is 4. The molecular weight excluding hydrogens is 1190 g/mol. The van der Waals surface area contributed by atoms with E-state index >= 15 is 0 Å². The zero-order valence-electron chi connectivity index (χ0n) is 44.5. The maximum atomic E-state index is 12.9. The van der Waals surface area contributed by atoms with Gasteiger partial charge in [0.1, 0.15) is 20.5 Å². The summed E-state index contributed by atoms with van der Waals surface area (Å²) in [6.07, 6.45) is 5.30. The number of aromatic nitrogens is 2. The first kappa shape index (κ1) is 64.7. The van der Waals surface area contributed by atoms with E-state index in [1.807, 2.05) is 37.9 Å². The summed E-state index contributed by atoms with van der Waals surface area (Å²) in [4.78, 5) is 13.6. The van der Waals surface area contributed by atoms with Crippen molar-refractivity contribution in [3.63, 3.8) is 0 Å². The quantitative estimate of drug-likeness (QED) is 0.0730. The van der Waals surface area contributed by atoms with Crippen molar-refractivity contribution >= 4 is 97.9 Å². The zero-order valence-corrected chi connectivity index (χ0v) is 50.4. The highest BCUT2D eigenvalue weighted by atomic mass is 32.2. The Bertz CT molecular complexity index is 4050. The Balaban J connectivity index is 0.000000892. The van der Waals surface area contributed by atoms with Gasteiger partial charge in [-0.05, 0) is 115 Å². The third-order valence-electron chi connectivity index (χ3n) is 14.4. The van der Waals surface area contributed by atoms with Crippen LogP contribution in [-0.2, 0) is 93.7 Å². The lowest BCUT2D eigenvalue weighted by atomic mass is 9.78. The standard InChI is InChI=1S/C49H58N4O11S3Si.3O3S/c1-31-26-48(2,3)53(29-33-12-9-10-13-42(33)67(62,63)64)40-24-43-38(22-36(31)40)46(47-50(6)20-21-51(47)19-11-14-45(54)55)39-23-37-34(30-65(56,57)58)27-49(4,5)52(41(37)25-44(39)68(43,7)8)28-32-15-17-35(18-16-32)66(59,60)61;3*1-4(2)3/h9-10,12-13,15-18,20-25,31,34H,11,14,19,26-30H2,1-8H3,(H2-2,54,55,56,57,58,59,60,61,62,63,64);;;/p+2. The molecule has 0 aliphatic carbocycles. The fourth-order valence-corrected chi connectivity index (χ4v) is 16.3. The van der Waals surface area contributed by atoms with Crippen molar-refractivity contribution in [1.29, 1.82) is 0 Å². The molecule has 0 amide bonds. The van der Waals surface area contributed by atoms with Crippen LogP contribution in [0.3, 0.4) is 0 Å². The molecule has 0 saturated heterocycles. The predicted octanol–water partition coefficient (Wildman–Crippen LogP) is 1.18. The SMILES string of the molecule is CC1CC(C)(C)N(Cc2ccccc2S(=O)(=O)O)c2cc3c(cc21)C(c1n(CCCC(=O)O)cc[n+]1C)=c1cc2c(cc1[Si]3(C)C)=[N+](Cc1ccc(S(=O)(=O)O)cc1)C(C)(C)CC2CS(=O)(=O)O.O=S(=O)=O.O=S(=O)=O.O=S(=O)=O. The largest absolute Gasteiger partial charge is 0.481 e. The van der Waals surface area contributed by atoms with Gasteiger partial charge in [0.25, 0.3) is 36.2 Å². The minimum Gasteiger partial charge on any atom is -0.481 e. The van der Waals surface area contributed by atoms with Crippen LogP contribution >= 0.6 is 0 Å². The van der Waals surface area contributed by atoms with Crippen LogP contribution in [0, 0.1) is 0 Å². The summed E-state index contributed by atoms with van der Waals surface area (Å²) in [5.41, 5.74) is 4.70. The molecule has 1 aromatic heterocycles. The van der Waals surface area contributed by atoms with Gasteiger partial charge in [-0.2, -0.15) is 25.3 Å². The monoisotopic (exact) mass is 1240 g/mol. The Hall–Kier alpha value is -6.16.